The summed E-state index contributed by atoms with van der Waals surface area (Å²) >= 11 is 0. The predicted molar refractivity (Wildman–Crippen MR) is 92.0 cm³/mol. The first-order valence-electron chi connectivity index (χ1n) is 7.71. The SMILES string of the molecule is Cc1ccc(NC(=O)[C@@H](C)OC(=O)COc2ccccc2C)cc1. The monoisotopic (exact) mass is 327 g/mol. The highest BCUT2D eigenvalue weighted by molar-refractivity contribution is 5.95. The van der Waals surface area contributed by atoms with Crippen LogP contribution in [0.25, 0.3) is 0 Å². The number of esters is 1. The van der Waals surface area contributed by atoms with Crippen molar-refractivity contribution in [3.63, 3.8) is 0 Å². The van der Waals surface area contributed by atoms with Crippen LogP contribution >= 0.6 is 0 Å². The molecule has 0 fully saturated rings. The largest absolute Gasteiger partial charge is 0.482 e. The van der Waals surface area contributed by atoms with Crippen molar-refractivity contribution in [1.82, 2.24) is 0 Å². The molecule has 2 aromatic carbocycles. The molecule has 1 atom stereocenters. The summed E-state index contributed by atoms with van der Waals surface area (Å²) in [6, 6.07) is 14.7. The van der Waals surface area contributed by atoms with Crippen LogP contribution in [-0.4, -0.2) is 24.6 Å². The second-order valence-corrected chi connectivity index (χ2v) is 5.54. The Bertz CT molecular complexity index is 710. The number of anilines is 1. The molecular formula is C19H21NO4. The van der Waals surface area contributed by atoms with Gasteiger partial charge in [0, 0.05) is 5.69 Å². The third-order valence-electron chi connectivity index (χ3n) is 3.44. The number of hydrogen-bond acceptors (Lipinski definition) is 4. The Hall–Kier alpha value is -2.82. The maximum atomic E-state index is 12.0. The minimum absolute atomic E-state index is 0.243. The zero-order chi connectivity index (χ0) is 17.5. The molecule has 24 heavy (non-hydrogen) atoms. The number of rotatable bonds is 6. The van der Waals surface area contributed by atoms with E-state index in [0.29, 0.717) is 11.4 Å². The zero-order valence-corrected chi connectivity index (χ0v) is 14.0. The molecule has 1 amide bonds. The minimum atomic E-state index is -0.903. The van der Waals surface area contributed by atoms with E-state index < -0.39 is 12.1 Å². The molecular weight excluding hydrogens is 306 g/mol. The topological polar surface area (TPSA) is 64.6 Å². The van der Waals surface area contributed by atoms with Gasteiger partial charge in [-0.1, -0.05) is 35.9 Å². The first-order valence-corrected chi connectivity index (χ1v) is 7.71. The molecule has 0 bridgehead atoms. The molecule has 0 aliphatic carbocycles. The van der Waals surface area contributed by atoms with E-state index in [1.54, 1.807) is 18.2 Å². The van der Waals surface area contributed by atoms with E-state index in [0.717, 1.165) is 11.1 Å². The van der Waals surface area contributed by atoms with Gasteiger partial charge in [-0.05, 0) is 44.5 Å². The van der Waals surface area contributed by atoms with Crippen molar-refractivity contribution >= 4 is 17.6 Å². The van der Waals surface area contributed by atoms with Gasteiger partial charge in [-0.3, -0.25) is 4.79 Å². The molecule has 5 nitrogen and oxygen atoms in total. The van der Waals surface area contributed by atoms with E-state index in [9.17, 15) is 9.59 Å². The molecule has 0 aromatic heterocycles. The summed E-state index contributed by atoms with van der Waals surface area (Å²) in [5.41, 5.74) is 2.68. The predicted octanol–water partition coefficient (Wildman–Crippen LogP) is 3.25. The molecule has 0 heterocycles. The highest BCUT2D eigenvalue weighted by Crippen LogP contribution is 2.16. The van der Waals surface area contributed by atoms with Crippen LogP contribution in [0.4, 0.5) is 5.69 Å². The summed E-state index contributed by atoms with van der Waals surface area (Å²) in [5.74, 6) is -0.362. The second kappa shape index (κ2) is 8.15. The molecule has 0 aliphatic heterocycles. The molecule has 0 unspecified atom stereocenters. The van der Waals surface area contributed by atoms with Gasteiger partial charge in [-0.15, -0.1) is 0 Å². The van der Waals surface area contributed by atoms with Gasteiger partial charge in [0.2, 0.25) is 0 Å². The minimum Gasteiger partial charge on any atom is -0.482 e. The molecule has 2 aromatic rings. The lowest BCUT2D eigenvalue weighted by Crippen LogP contribution is -2.31. The molecule has 126 valence electrons. The lowest BCUT2D eigenvalue weighted by atomic mass is 10.2. The Kier molecular flexibility index (Phi) is 5.95. The smallest absolute Gasteiger partial charge is 0.344 e. The van der Waals surface area contributed by atoms with Crippen LogP contribution in [0.3, 0.4) is 0 Å². The van der Waals surface area contributed by atoms with Crippen LogP contribution in [0.2, 0.25) is 0 Å². The van der Waals surface area contributed by atoms with E-state index in [1.807, 2.05) is 44.2 Å². The van der Waals surface area contributed by atoms with Gasteiger partial charge in [0.25, 0.3) is 5.91 Å². The van der Waals surface area contributed by atoms with E-state index in [2.05, 4.69) is 5.32 Å². The molecule has 2 rings (SSSR count). The summed E-state index contributed by atoms with van der Waals surface area (Å²) in [5, 5.41) is 2.70. The molecule has 0 spiro atoms. The molecule has 0 saturated heterocycles. The average Bonchev–Trinajstić information content (AvgIpc) is 2.56. The van der Waals surface area contributed by atoms with Crippen molar-refractivity contribution in [2.75, 3.05) is 11.9 Å². The molecule has 5 heteroatoms. The van der Waals surface area contributed by atoms with Crippen LogP contribution in [0.15, 0.2) is 48.5 Å². The van der Waals surface area contributed by atoms with Gasteiger partial charge in [0.1, 0.15) is 5.75 Å². The number of ether oxygens (including phenoxy) is 2. The lowest BCUT2D eigenvalue weighted by Gasteiger charge is -2.14. The summed E-state index contributed by atoms with van der Waals surface area (Å²) in [6.07, 6.45) is -0.903. The maximum Gasteiger partial charge on any atom is 0.344 e. The quantitative estimate of drug-likeness (QED) is 0.827. The van der Waals surface area contributed by atoms with Crippen molar-refractivity contribution in [2.45, 2.75) is 26.9 Å². The summed E-state index contributed by atoms with van der Waals surface area (Å²) in [6.45, 7) is 5.13. The van der Waals surface area contributed by atoms with Crippen molar-refractivity contribution in [3.05, 3.63) is 59.7 Å². The number of hydrogen-bond donors (Lipinski definition) is 1. The van der Waals surface area contributed by atoms with E-state index >= 15 is 0 Å². The van der Waals surface area contributed by atoms with Gasteiger partial charge < -0.3 is 14.8 Å². The van der Waals surface area contributed by atoms with Crippen LogP contribution in [0.5, 0.6) is 5.75 Å². The Morgan fingerprint density at radius 3 is 2.38 bits per heavy atom. The van der Waals surface area contributed by atoms with Gasteiger partial charge in [0.15, 0.2) is 12.7 Å². The van der Waals surface area contributed by atoms with Gasteiger partial charge in [-0.25, -0.2) is 4.79 Å². The third kappa shape index (κ3) is 5.12. The Morgan fingerprint density at radius 1 is 1.04 bits per heavy atom. The fourth-order valence-corrected chi connectivity index (χ4v) is 2.02. The number of aryl methyl sites for hydroxylation is 2. The van der Waals surface area contributed by atoms with Crippen molar-refractivity contribution < 1.29 is 19.1 Å². The third-order valence-corrected chi connectivity index (χ3v) is 3.44. The van der Waals surface area contributed by atoms with Crippen LogP contribution in [-0.2, 0) is 14.3 Å². The van der Waals surface area contributed by atoms with E-state index in [-0.39, 0.29) is 12.5 Å². The molecule has 0 saturated carbocycles. The normalized spacial score (nSPS) is 11.5. The van der Waals surface area contributed by atoms with Crippen molar-refractivity contribution in [3.8, 4) is 5.75 Å². The van der Waals surface area contributed by atoms with Crippen molar-refractivity contribution in [2.24, 2.45) is 0 Å². The Morgan fingerprint density at radius 2 is 1.71 bits per heavy atom. The fourth-order valence-electron chi connectivity index (χ4n) is 2.02. The fraction of sp³-hybridized carbons (Fsp3) is 0.263. The molecule has 0 radical (unpaired) electrons. The lowest BCUT2D eigenvalue weighted by molar-refractivity contribution is -0.155. The van der Waals surface area contributed by atoms with Gasteiger partial charge >= 0.3 is 5.97 Å². The summed E-state index contributed by atoms with van der Waals surface area (Å²) in [4.78, 5) is 23.8. The number of nitrogens with one attached hydrogen (secondary N) is 1. The molecule has 0 aliphatic rings. The van der Waals surface area contributed by atoms with Crippen LogP contribution in [0, 0.1) is 13.8 Å². The van der Waals surface area contributed by atoms with E-state index in [1.165, 1.54) is 6.92 Å². The highest BCUT2D eigenvalue weighted by Gasteiger charge is 2.18. The average molecular weight is 327 g/mol. The van der Waals surface area contributed by atoms with Crippen molar-refractivity contribution in [1.29, 1.82) is 0 Å². The van der Waals surface area contributed by atoms with Crippen LogP contribution < -0.4 is 10.1 Å². The first kappa shape index (κ1) is 17.5. The second-order valence-electron chi connectivity index (χ2n) is 5.54. The summed E-state index contributed by atoms with van der Waals surface area (Å²) < 4.78 is 10.5. The Balaban J connectivity index is 1.81. The van der Waals surface area contributed by atoms with Gasteiger partial charge in [0.05, 0.1) is 0 Å². The highest BCUT2D eigenvalue weighted by atomic mass is 16.6. The zero-order valence-electron chi connectivity index (χ0n) is 14.0. The standard InChI is InChI=1S/C19H21NO4/c1-13-8-10-16(11-9-13)20-19(22)15(3)24-18(21)12-23-17-7-5-4-6-14(17)2/h4-11,15H,12H2,1-3H3,(H,20,22)/t15-/m1/s1. The number of amides is 1. The number of carbonyl (C=O) groups is 2. The van der Waals surface area contributed by atoms with Gasteiger partial charge in [-0.2, -0.15) is 0 Å². The number of benzene rings is 2. The van der Waals surface area contributed by atoms with Crippen LogP contribution in [0.1, 0.15) is 18.1 Å². The maximum absolute atomic E-state index is 12.0. The number of carbonyl (C=O) groups excluding carboxylic acids is 2. The Labute approximate surface area is 141 Å². The van der Waals surface area contributed by atoms with E-state index in [4.69, 9.17) is 9.47 Å². The summed E-state index contributed by atoms with van der Waals surface area (Å²) in [7, 11) is 0. The first-order chi connectivity index (χ1) is 11.5. The molecule has 1 N–H and O–H groups in total. The number of para-hydroxylation sites is 1.